The molecule has 0 bridgehead atoms. The summed E-state index contributed by atoms with van der Waals surface area (Å²) in [5.74, 6) is 0.766. The zero-order chi connectivity index (χ0) is 13.0. The lowest BCUT2D eigenvalue weighted by Gasteiger charge is -2.35. The van der Waals surface area contributed by atoms with Crippen LogP contribution in [0.3, 0.4) is 0 Å². The van der Waals surface area contributed by atoms with Gasteiger partial charge >= 0.3 is 0 Å². The zero-order valence-electron chi connectivity index (χ0n) is 11.5. The van der Waals surface area contributed by atoms with Gasteiger partial charge in [-0.1, -0.05) is 19.3 Å². The van der Waals surface area contributed by atoms with Gasteiger partial charge in [0.05, 0.1) is 6.54 Å². The Hall–Kier alpha value is -0.610. The number of nitrogens with one attached hydrogen (secondary N) is 1. The summed E-state index contributed by atoms with van der Waals surface area (Å²) in [5.41, 5.74) is 5.22. The highest BCUT2D eigenvalue weighted by Gasteiger charge is 2.24. The summed E-state index contributed by atoms with van der Waals surface area (Å²) < 4.78 is 0. The molecule has 0 radical (unpaired) electrons. The van der Waals surface area contributed by atoms with Crippen LogP contribution in [0.2, 0.25) is 0 Å². The Morgan fingerprint density at radius 1 is 1.33 bits per heavy atom. The van der Waals surface area contributed by atoms with Gasteiger partial charge in [0, 0.05) is 25.2 Å². The van der Waals surface area contributed by atoms with Crippen LogP contribution in [0.15, 0.2) is 0 Å². The number of amides is 1. The molecule has 2 aliphatic rings. The fourth-order valence-electron chi connectivity index (χ4n) is 3.18. The lowest BCUT2D eigenvalue weighted by atomic mass is 9.81. The van der Waals surface area contributed by atoms with E-state index in [0.29, 0.717) is 18.6 Å². The van der Waals surface area contributed by atoms with Crippen molar-refractivity contribution in [2.24, 2.45) is 11.7 Å². The maximum Gasteiger partial charge on any atom is 0.231 e. The van der Waals surface area contributed by atoms with Crippen molar-refractivity contribution in [3.05, 3.63) is 0 Å². The number of hydrogen-bond donors (Lipinski definition) is 2. The van der Waals surface area contributed by atoms with E-state index in [1.165, 1.54) is 25.7 Å². The monoisotopic (exact) mass is 253 g/mol. The molecule has 0 spiro atoms. The van der Waals surface area contributed by atoms with Gasteiger partial charge in [-0.15, -0.1) is 0 Å². The SMILES string of the molecule is CC(CC1CCC1)NC1CCN(CC(N)=O)CC1. The molecule has 4 nitrogen and oxygen atoms in total. The molecule has 0 aromatic carbocycles. The maximum absolute atomic E-state index is 10.9. The van der Waals surface area contributed by atoms with Crippen molar-refractivity contribution < 1.29 is 4.79 Å². The predicted molar refractivity (Wildman–Crippen MR) is 73.2 cm³/mol. The van der Waals surface area contributed by atoms with Gasteiger partial charge in [0.25, 0.3) is 0 Å². The first kappa shape index (κ1) is 13.8. The van der Waals surface area contributed by atoms with Gasteiger partial charge in [-0.05, 0) is 32.1 Å². The standard InChI is InChI=1S/C14H27N3O/c1-11(9-12-3-2-4-12)16-13-5-7-17(8-6-13)10-14(15)18/h11-13,16H,2-10H2,1H3,(H2,15,18). The normalized spacial score (nSPS) is 24.7. The van der Waals surface area contributed by atoms with Crippen LogP contribution in [-0.2, 0) is 4.79 Å². The van der Waals surface area contributed by atoms with E-state index in [9.17, 15) is 4.79 Å². The lowest BCUT2D eigenvalue weighted by molar-refractivity contribution is -0.119. The number of primary amides is 1. The Bertz CT molecular complexity index is 270. The van der Waals surface area contributed by atoms with Crippen molar-refractivity contribution in [3.8, 4) is 0 Å². The van der Waals surface area contributed by atoms with Gasteiger partial charge in [-0.2, -0.15) is 0 Å². The molecule has 104 valence electrons. The largest absolute Gasteiger partial charge is 0.369 e. The first-order valence-corrected chi connectivity index (χ1v) is 7.40. The number of nitrogens with two attached hydrogens (primary N) is 1. The second kappa shape index (κ2) is 6.53. The first-order chi connectivity index (χ1) is 8.63. The molecule has 2 fully saturated rings. The van der Waals surface area contributed by atoms with Crippen LogP contribution in [0.5, 0.6) is 0 Å². The van der Waals surface area contributed by atoms with Crippen molar-refractivity contribution in [3.63, 3.8) is 0 Å². The third-order valence-corrected chi connectivity index (χ3v) is 4.40. The second-order valence-electron chi connectivity index (χ2n) is 6.12. The minimum absolute atomic E-state index is 0.209. The Balaban J connectivity index is 1.61. The van der Waals surface area contributed by atoms with Crippen molar-refractivity contribution in [1.29, 1.82) is 0 Å². The summed E-state index contributed by atoms with van der Waals surface area (Å²) in [7, 11) is 0. The number of carbonyl (C=O) groups is 1. The summed E-state index contributed by atoms with van der Waals surface area (Å²) in [4.78, 5) is 13.0. The molecule has 18 heavy (non-hydrogen) atoms. The van der Waals surface area contributed by atoms with E-state index in [2.05, 4.69) is 17.1 Å². The smallest absolute Gasteiger partial charge is 0.231 e. The van der Waals surface area contributed by atoms with Gasteiger partial charge in [0.15, 0.2) is 0 Å². The van der Waals surface area contributed by atoms with E-state index < -0.39 is 0 Å². The van der Waals surface area contributed by atoms with Crippen LogP contribution < -0.4 is 11.1 Å². The van der Waals surface area contributed by atoms with Crippen molar-refractivity contribution >= 4 is 5.91 Å². The van der Waals surface area contributed by atoms with Crippen LogP contribution >= 0.6 is 0 Å². The van der Waals surface area contributed by atoms with Crippen molar-refractivity contribution in [2.75, 3.05) is 19.6 Å². The van der Waals surface area contributed by atoms with Crippen molar-refractivity contribution in [1.82, 2.24) is 10.2 Å². The Morgan fingerprint density at radius 2 is 2.00 bits per heavy atom. The molecule has 1 heterocycles. The minimum atomic E-state index is -0.209. The number of rotatable bonds is 6. The van der Waals surface area contributed by atoms with Crippen LogP contribution in [0.4, 0.5) is 0 Å². The number of piperidine rings is 1. The number of nitrogens with zero attached hydrogens (tertiary/aromatic N) is 1. The average Bonchev–Trinajstić information content (AvgIpc) is 2.26. The minimum Gasteiger partial charge on any atom is -0.369 e. The molecule has 0 aromatic heterocycles. The van der Waals surface area contributed by atoms with E-state index in [-0.39, 0.29) is 5.91 Å². The van der Waals surface area contributed by atoms with E-state index in [1.807, 2.05) is 0 Å². The second-order valence-corrected chi connectivity index (χ2v) is 6.12. The van der Waals surface area contributed by atoms with E-state index >= 15 is 0 Å². The Morgan fingerprint density at radius 3 is 2.50 bits per heavy atom. The quantitative estimate of drug-likeness (QED) is 0.745. The summed E-state index contributed by atoms with van der Waals surface area (Å²) in [6.07, 6.45) is 7.92. The third kappa shape index (κ3) is 4.25. The maximum atomic E-state index is 10.9. The summed E-state index contributed by atoms with van der Waals surface area (Å²) in [6.45, 7) is 4.73. The van der Waals surface area contributed by atoms with Crippen molar-refractivity contribution in [2.45, 2.75) is 57.5 Å². The lowest BCUT2D eigenvalue weighted by Crippen LogP contribution is -2.47. The molecule has 1 saturated carbocycles. The molecule has 1 aliphatic carbocycles. The van der Waals surface area contributed by atoms with E-state index in [1.54, 1.807) is 0 Å². The molecule has 1 unspecified atom stereocenters. The van der Waals surface area contributed by atoms with Gasteiger partial charge in [-0.3, -0.25) is 9.69 Å². The summed E-state index contributed by atoms with van der Waals surface area (Å²) in [6, 6.07) is 1.27. The zero-order valence-corrected chi connectivity index (χ0v) is 11.5. The molecule has 1 aliphatic heterocycles. The Labute approximate surface area is 110 Å². The first-order valence-electron chi connectivity index (χ1n) is 7.40. The van der Waals surface area contributed by atoms with E-state index in [4.69, 9.17) is 5.73 Å². The summed E-state index contributed by atoms with van der Waals surface area (Å²) in [5, 5.41) is 3.75. The third-order valence-electron chi connectivity index (χ3n) is 4.40. The predicted octanol–water partition coefficient (Wildman–Crippen LogP) is 1.10. The molecular formula is C14H27N3O. The fraction of sp³-hybridized carbons (Fsp3) is 0.929. The van der Waals surface area contributed by atoms with Crippen LogP contribution in [0, 0.1) is 5.92 Å². The molecule has 0 aromatic rings. The number of carbonyl (C=O) groups excluding carboxylic acids is 1. The summed E-state index contributed by atoms with van der Waals surface area (Å²) >= 11 is 0. The molecule has 1 saturated heterocycles. The highest BCUT2D eigenvalue weighted by molar-refractivity contribution is 5.75. The number of hydrogen-bond acceptors (Lipinski definition) is 3. The van der Waals surface area contributed by atoms with Gasteiger partial charge in [0.2, 0.25) is 5.91 Å². The van der Waals surface area contributed by atoms with Gasteiger partial charge < -0.3 is 11.1 Å². The highest BCUT2D eigenvalue weighted by atomic mass is 16.1. The topological polar surface area (TPSA) is 58.4 Å². The average molecular weight is 253 g/mol. The van der Waals surface area contributed by atoms with Crippen LogP contribution in [-0.4, -0.2) is 42.5 Å². The molecule has 3 N–H and O–H groups in total. The molecule has 1 atom stereocenters. The molecule has 1 amide bonds. The Kier molecular flexibility index (Phi) is 5.01. The molecule has 4 heteroatoms. The molecule has 2 rings (SSSR count). The van der Waals surface area contributed by atoms with E-state index in [0.717, 1.165) is 31.8 Å². The number of likely N-dealkylation sites (tertiary alicyclic amines) is 1. The highest BCUT2D eigenvalue weighted by Crippen LogP contribution is 2.30. The van der Waals surface area contributed by atoms with Crippen LogP contribution in [0.25, 0.3) is 0 Å². The van der Waals surface area contributed by atoms with Gasteiger partial charge in [-0.25, -0.2) is 0 Å². The van der Waals surface area contributed by atoms with Gasteiger partial charge in [0.1, 0.15) is 0 Å². The fourth-order valence-corrected chi connectivity index (χ4v) is 3.18. The van der Waals surface area contributed by atoms with Crippen LogP contribution in [0.1, 0.15) is 45.4 Å². The molecular weight excluding hydrogens is 226 g/mol.